The van der Waals surface area contributed by atoms with Crippen LogP contribution in [0.25, 0.3) is 0 Å². The van der Waals surface area contributed by atoms with Crippen LogP contribution in [0, 0.1) is 0 Å². The average molecular weight is 396 g/mol. The molecule has 0 atom stereocenters. The molecule has 3 aromatic rings. The number of amides is 1. The van der Waals surface area contributed by atoms with Crippen molar-refractivity contribution in [1.29, 1.82) is 0 Å². The van der Waals surface area contributed by atoms with E-state index in [1.165, 1.54) is 0 Å². The summed E-state index contributed by atoms with van der Waals surface area (Å²) < 4.78 is 30.8. The van der Waals surface area contributed by atoms with Crippen LogP contribution in [0.5, 0.6) is 5.75 Å². The maximum Gasteiger partial charge on any atom is 0.255 e. The number of hydrogen-bond donors (Lipinski definition) is 2. The fourth-order valence-corrected chi connectivity index (χ4v) is 3.10. The van der Waals surface area contributed by atoms with Gasteiger partial charge in [-0.25, -0.2) is 8.42 Å². The SMILES string of the molecule is CS(=O)(=O)Nc1cccc(NC(=O)c2cccc(OCc3ccccc3)c2)c1. The zero-order chi connectivity index (χ0) is 20.0. The Balaban J connectivity index is 1.67. The molecule has 1 amide bonds. The molecule has 2 N–H and O–H groups in total. The lowest BCUT2D eigenvalue weighted by Crippen LogP contribution is -2.13. The number of carbonyl (C=O) groups is 1. The minimum atomic E-state index is -3.39. The number of nitrogens with one attached hydrogen (secondary N) is 2. The van der Waals surface area contributed by atoms with Crippen LogP contribution in [0.15, 0.2) is 78.9 Å². The van der Waals surface area contributed by atoms with Crippen LogP contribution in [-0.4, -0.2) is 20.6 Å². The fraction of sp³-hybridized carbons (Fsp3) is 0.0952. The van der Waals surface area contributed by atoms with Gasteiger partial charge in [-0.15, -0.1) is 0 Å². The number of anilines is 2. The van der Waals surface area contributed by atoms with Crippen molar-refractivity contribution in [3.63, 3.8) is 0 Å². The molecule has 0 bridgehead atoms. The molecule has 0 saturated carbocycles. The molecule has 0 spiro atoms. The van der Waals surface area contributed by atoms with E-state index in [-0.39, 0.29) is 5.91 Å². The number of rotatable bonds is 7. The summed E-state index contributed by atoms with van der Waals surface area (Å²) in [6.45, 7) is 0.408. The van der Waals surface area contributed by atoms with Crippen LogP contribution >= 0.6 is 0 Å². The molecule has 0 aliphatic carbocycles. The van der Waals surface area contributed by atoms with Gasteiger partial charge in [0.15, 0.2) is 0 Å². The highest BCUT2D eigenvalue weighted by Gasteiger charge is 2.09. The van der Waals surface area contributed by atoms with Gasteiger partial charge in [-0.1, -0.05) is 42.5 Å². The van der Waals surface area contributed by atoms with E-state index in [0.29, 0.717) is 29.3 Å². The quantitative estimate of drug-likeness (QED) is 0.635. The lowest BCUT2D eigenvalue weighted by Gasteiger charge is -2.10. The van der Waals surface area contributed by atoms with Gasteiger partial charge in [0.05, 0.1) is 11.9 Å². The molecular formula is C21H20N2O4S. The first-order valence-corrected chi connectivity index (χ1v) is 10.4. The summed E-state index contributed by atoms with van der Waals surface area (Å²) >= 11 is 0. The van der Waals surface area contributed by atoms with Crippen LogP contribution in [0.1, 0.15) is 15.9 Å². The molecular weight excluding hydrogens is 376 g/mol. The smallest absolute Gasteiger partial charge is 0.255 e. The molecule has 0 unspecified atom stereocenters. The summed E-state index contributed by atoms with van der Waals surface area (Å²) in [5.41, 5.74) is 2.33. The third-order valence-electron chi connectivity index (χ3n) is 3.77. The van der Waals surface area contributed by atoms with Crippen LogP contribution < -0.4 is 14.8 Å². The third kappa shape index (κ3) is 5.85. The molecule has 0 heterocycles. The Morgan fingerprint density at radius 2 is 1.61 bits per heavy atom. The average Bonchev–Trinajstić information content (AvgIpc) is 2.66. The van der Waals surface area contributed by atoms with Crippen molar-refractivity contribution in [1.82, 2.24) is 0 Å². The van der Waals surface area contributed by atoms with Crippen LogP contribution in [0.2, 0.25) is 0 Å². The second-order valence-electron chi connectivity index (χ2n) is 6.21. The second-order valence-corrected chi connectivity index (χ2v) is 7.96. The molecule has 3 aromatic carbocycles. The highest BCUT2D eigenvalue weighted by molar-refractivity contribution is 7.92. The Hall–Kier alpha value is -3.32. The Bertz CT molecular complexity index is 1070. The monoisotopic (exact) mass is 396 g/mol. The summed E-state index contributed by atoms with van der Waals surface area (Å²) in [4.78, 5) is 12.5. The predicted molar refractivity (Wildman–Crippen MR) is 110 cm³/mol. The Kier molecular flexibility index (Phi) is 5.96. The van der Waals surface area contributed by atoms with Crippen LogP contribution in [0.3, 0.4) is 0 Å². The van der Waals surface area contributed by atoms with Gasteiger partial charge >= 0.3 is 0 Å². The topological polar surface area (TPSA) is 84.5 Å². The normalized spacial score (nSPS) is 10.9. The van der Waals surface area contributed by atoms with Gasteiger partial charge in [0.1, 0.15) is 12.4 Å². The molecule has 6 nitrogen and oxygen atoms in total. The summed E-state index contributed by atoms with van der Waals surface area (Å²) in [7, 11) is -3.39. The van der Waals surface area contributed by atoms with Crippen LogP contribution in [-0.2, 0) is 16.6 Å². The molecule has 144 valence electrons. The van der Waals surface area contributed by atoms with Gasteiger partial charge in [-0.2, -0.15) is 0 Å². The van der Waals surface area contributed by atoms with Gasteiger partial charge in [0, 0.05) is 11.3 Å². The summed E-state index contributed by atoms with van der Waals surface area (Å²) in [5.74, 6) is 0.269. The Morgan fingerprint density at radius 1 is 0.893 bits per heavy atom. The van der Waals surface area contributed by atoms with Crippen molar-refractivity contribution in [3.05, 3.63) is 90.0 Å². The van der Waals surface area contributed by atoms with Crippen molar-refractivity contribution in [2.75, 3.05) is 16.3 Å². The van der Waals surface area contributed by atoms with E-state index in [4.69, 9.17) is 4.74 Å². The zero-order valence-corrected chi connectivity index (χ0v) is 16.1. The molecule has 7 heteroatoms. The lowest BCUT2D eigenvalue weighted by molar-refractivity contribution is 0.102. The van der Waals surface area contributed by atoms with Gasteiger partial charge in [0.2, 0.25) is 10.0 Å². The Morgan fingerprint density at radius 3 is 2.36 bits per heavy atom. The summed E-state index contributed by atoms with van der Waals surface area (Å²) in [5, 5.41) is 2.76. The predicted octanol–water partition coefficient (Wildman–Crippen LogP) is 3.89. The van der Waals surface area contributed by atoms with E-state index in [9.17, 15) is 13.2 Å². The number of hydrogen-bond acceptors (Lipinski definition) is 4. The molecule has 0 aromatic heterocycles. The van der Waals surface area contributed by atoms with E-state index in [1.807, 2.05) is 30.3 Å². The summed E-state index contributed by atoms with van der Waals surface area (Å²) in [6, 6.07) is 23.1. The maximum atomic E-state index is 12.5. The maximum absolute atomic E-state index is 12.5. The van der Waals surface area contributed by atoms with Gasteiger partial charge in [0.25, 0.3) is 5.91 Å². The largest absolute Gasteiger partial charge is 0.489 e. The molecule has 0 aliphatic rings. The first-order chi connectivity index (χ1) is 13.4. The standard InChI is InChI=1S/C21H20N2O4S/c1-28(25,26)23-19-11-6-10-18(14-19)22-21(24)17-9-5-12-20(13-17)27-15-16-7-3-2-4-8-16/h2-14,23H,15H2,1H3,(H,22,24). The van der Waals surface area contributed by atoms with Gasteiger partial charge < -0.3 is 10.1 Å². The number of carbonyl (C=O) groups excluding carboxylic acids is 1. The second kappa shape index (κ2) is 8.58. The molecule has 0 aliphatic heterocycles. The lowest BCUT2D eigenvalue weighted by atomic mass is 10.2. The van der Waals surface area contributed by atoms with E-state index >= 15 is 0 Å². The van der Waals surface area contributed by atoms with Crippen molar-refractivity contribution in [2.45, 2.75) is 6.61 Å². The van der Waals surface area contributed by atoms with Crippen molar-refractivity contribution in [2.24, 2.45) is 0 Å². The van der Waals surface area contributed by atoms with E-state index in [1.54, 1.807) is 48.5 Å². The third-order valence-corrected chi connectivity index (χ3v) is 4.37. The van der Waals surface area contributed by atoms with Crippen LogP contribution in [0.4, 0.5) is 11.4 Å². The van der Waals surface area contributed by atoms with Crippen molar-refractivity contribution in [3.8, 4) is 5.75 Å². The summed E-state index contributed by atoms with van der Waals surface area (Å²) in [6.07, 6.45) is 1.07. The van der Waals surface area contributed by atoms with E-state index in [0.717, 1.165) is 11.8 Å². The fourth-order valence-electron chi connectivity index (χ4n) is 2.55. The number of benzene rings is 3. The first kappa shape index (κ1) is 19.4. The van der Waals surface area contributed by atoms with Crippen molar-refractivity contribution >= 4 is 27.3 Å². The molecule has 28 heavy (non-hydrogen) atoms. The van der Waals surface area contributed by atoms with Gasteiger partial charge in [-0.3, -0.25) is 9.52 Å². The molecule has 3 rings (SSSR count). The minimum absolute atomic E-state index is 0.318. The molecule has 0 saturated heterocycles. The first-order valence-electron chi connectivity index (χ1n) is 8.55. The van der Waals surface area contributed by atoms with E-state index in [2.05, 4.69) is 10.0 Å². The zero-order valence-electron chi connectivity index (χ0n) is 15.3. The van der Waals surface area contributed by atoms with E-state index < -0.39 is 10.0 Å². The highest BCUT2D eigenvalue weighted by atomic mass is 32.2. The van der Waals surface area contributed by atoms with Crippen molar-refractivity contribution < 1.29 is 17.9 Å². The highest BCUT2D eigenvalue weighted by Crippen LogP contribution is 2.19. The number of sulfonamides is 1. The molecule has 0 fully saturated rings. The van der Waals surface area contributed by atoms with Gasteiger partial charge in [-0.05, 0) is 42.0 Å². The molecule has 0 radical (unpaired) electrons. The number of ether oxygens (including phenoxy) is 1. The minimum Gasteiger partial charge on any atom is -0.489 e. The Labute approximate surface area is 164 Å².